The van der Waals surface area contributed by atoms with Gasteiger partial charge in [0, 0.05) is 58.0 Å². The molecular weight excluding hydrogens is 959 g/mol. The van der Waals surface area contributed by atoms with E-state index in [1.807, 2.05) is 48.6 Å². The van der Waals surface area contributed by atoms with E-state index in [4.69, 9.17) is 113 Å². The number of fused-ring (bicyclic) bond motifs is 8. The van der Waals surface area contributed by atoms with Gasteiger partial charge in [-0.25, -0.2) is 9.97 Å². The molecule has 0 spiro atoms. The van der Waals surface area contributed by atoms with Crippen LogP contribution in [0.4, 0.5) is 0 Å². The quantitative estimate of drug-likeness (QED) is 0.165. The molecule has 7 aromatic rings. The summed E-state index contributed by atoms with van der Waals surface area (Å²) >= 11 is 55.4. The molecule has 2 aliphatic heterocycles. The van der Waals surface area contributed by atoms with Crippen molar-refractivity contribution in [1.82, 2.24) is 19.9 Å². The van der Waals surface area contributed by atoms with E-state index in [9.17, 15) is 0 Å². The molecule has 14 heteroatoms. The van der Waals surface area contributed by atoms with Gasteiger partial charge in [0.25, 0.3) is 0 Å². The Bertz CT molecular complexity index is 2810. The van der Waals surface area contributed by atoms with Gasteiger partial charge < -0.3 is 22.4 Å². The van der Waals surface area contributed by atoms with Crippen LogP contribution in [0.1, 0.15) is 22.8 Å². The van der Waals surface area contributed by atoms with E-state index in [-0.39, 0.29) is 29.5 Å². The zero-order valence-corrected chi connectivity index (χ0v) is 37.1. The minimum atomic E-state index is 0. The summed E-state index contributed by atoms with van der Waals surface area (Å²) < 4.78 is 0. The summed E-state index contributed by atoms with van der Waals surface area (Å²) in [7, 11) is 0. The van der Waals surface area contributed by atoms with Crippen LogP contribution in [0.5, 0.6) is 0 Å². The van der Waals surface area contributed by atoms with Crippen LogP contribution in [0.15, 0.2) is 97.1 Å². The van der Waals surface area contributed by atoms with Crippen molar-refractivity contribution in [2.45, 2.75) is 0 Å². The maximum Gasteiger partial charge on any atom is 3.00 e. The zero-order chi connectivity index (χ0) is 38.8. The van der Waals surface area contributed by atoms with Crippen molar-refractivity contribution in [2.75, 3.05) is 0 Å². The van der Waals surface area contributed by atoms with Crippen LogP contribution < -0.4 is 22.4 Å². The average molecular weight is 979 g/mol. The van der Waals surface area contributed by atoms with Crippen molar-refractivity contribution in [1.29, 1.82) is 0 Å². The summed E-state index contributed by atoms with van der Waals surface area (Å²) in [6.45, 7) is 0. The second-order valence-electron chi connectivity index (χ2n) is 12.7. The van der Waals surface area contributed by atoms with E-state index in [1.54, 1.807) is 72.8 Å². The summed E-state index contributed by atoms with van der Waals surface area (Å²) in [5, 5.41) is 3.32. The van der Waals surface area contributed by atoms with E-state index in [2.05, 4.69) is 0 Å². The molecular formula is C44H20Cl9MnN4. The minimum absolute atomic E-state index is 0. The van der Waals surface area contributed by atoms with Crippen LogP contribution in [0.2, 0.25) is 40.2 Å². The average Bonchev–Trinajstić information content (AvgIpc) is 4.00. The summed E-state index contributed by atoms with van der Waals surface area (Å²) in [6, 6.07) is 28.8. The van der Waals surface area contributed by atoms with Gasteiger partial charge in [-0.1, -0.05) is 141 Å². The second-order valence-corrected chi connectivity index (χ2v) is 16.0. The molecule has 0 N–H and O–H groups in total. The van der Waals surface area contributed by atoms with Crippen LogP contribution >= 0.6 is 92.8 Å². The van der Waals surface area contributed by atoms with Crippen LogP contribution in [0.3, 0.4) is 0 Å². The first-order valence-electron chi connectivity index (χ1n) is 16.9. The van der Waals surface area contributed by atoms with E-state index >= 15 is 0 Å². The zero-order valence-electron chi connectivity index (χ0n) is 29.1. The number of rotatable bonds is 4. The van der Waals surface area contributed by atoms with Crippen LogP contribution in [-0.2, 0) is 17.1 Å². The van der Waals surface area contributed by atoms with Gasteiger partial charge in [-0.3, -0.25) is 0 Å². The smallest absolute Gasteiger partial charge is 1.00 e. The van der Waals surface area contributed by atoms with Gasteiger partial charge in [-0.2, -0.15) is 0 Å². The van der Waals surface area contributed by atoms with Crippen LogP contribution in [0.25, 0.3) is 90.9 Å². The van der Waals surface area contributed by atoms with Crippen LogP contribution in [0, 0.1) is 0 Å². The molecule has 0 fully saturated rings. The number of halogens is 9. The Hall–Kier alpha value is -3.39. The molecule has 286 valence electrons. The summed E-state index contributed by atoms with van der Waals surface area (Å²) in [6.07, 6.45) is 7.53. The molecule has 0 amide bonds. The van der Waals surface area contributed by atoms with Crippen molar-refractivity contribution >= 4 is 139 Å². The molecule has 0 radical (unpaired) electrons. The molecule has 3 aromatic heterocycles. The number of nitrogens with zero attached hydrogens (tertiary/aromatic N) is 4. The molecule has 0 aliphatic carbocycles. The second kappa shape index (κ2) is 17.3. The van der Waals surface area contributed by atoms with E-state index in [0.717, 1.165) is 0 Å². The predicted octanol–water partition coefficient (Wildman–Crippen LogP) is 12.8. The third-order valence-corrected chi connectivity index (χ3v) is 12.0. The Labute approximate surface area is 389 Å². The van der Waals surface area contributed by atoms with Gasteiger partial charge in [0.15, 0.2) is 0 Å². The number of aromatic nitrogens is 4. The SMILES string of the molecule is Clc1cccc(Cl)c1-c1c2nc(c(-c3c(Cl)cccc3Cl)c3ccc([n-]3)c(-c3c(Cl)cccc3Cl)c3ccc([n-]3)c(-c3c(Cl)cccc3Cl)c3nc1C=C3)C=C2.[Cl-].[Mn+3]. The van der Waals surface area contributed by atoms with Gasteiger partial charge >= 0.3 is 17.1 Å². The van der Waals surface area contributed by atoms with Crippen molar-refractivity contribution in [3.05, 3.63) is 160 Å². The molecule has 8 bridgehead atoms. The first-order chi connectivity index (χ1) is 27.1. The fraction of sp³-hybridized carbons (Fsp3) is 0. The Balaban J connectivity index is 0.00000256. The normalized spacial score (nSPS) is 11.7. The van der Waals surface area contributed by atoms with Gasteiger partial charge in [0.2, 0.25) is 0 Å². The van der Waals surface area contributed by atoms with E-state index in [0.29, 0.717) is 130 Å². The molecule has 0 atom stereocenters. The Morgan fingerprint density at radius 1 is 0.293 bits per heavy atom. The Morgan fingerprint density at radius 2 is 0.517 bits per heavy atom. The number of benzene rings is 4. The maximum atomic E-state index is 6.93. The largest absolute Gasteiger partial charge is 3.00 e. The molecule has 5 heterocycles. The molecule has 58 heavy (non-hydrogen) atoms. The van der Waals surface area contributed by atoms with Crippen molar-refractivity contribution in [3.63, 3.8) is 0 Å². The van der Waals surface area contributed by atoms with Gasteiger partial charge in [0.1, 0.15) is 0 Å². The molecule has 9 rings (SSSR count). The molecule has 0 saturated carbocycles. The Kier molecular flexibility index (Phi) is 12.7. The summed E-state index contributed by atoms with van der Waals surface area (Å²) in [4.78, 5) is 20.8. The number of hydrogen-bond acceptors (Lipinski definition) is 2. The molecule has 4 aromatic carbocycles. The standard InChI is InChI=1S/C44H20Cl8N4.ClH.Mn/c45-21-5-1-6-22(46)37(21)41-29-13-15-31(53-29)42(38-23(47)7-2-8-24(38)48)33-17-19-35(55-33)44(40-27(51)11-4-12-28(40)52)36-20-18-34(56-36)43(32-16-14-30(41)54-32)39-25(49)9-3-10-26(39)50;;/h1-20H;1H;/q-2;;+3/p-1. The molecule has 0 unspecified atom stereocenters. The first kappa shape index (κ1) is 42.7. The van der Waals surface area contributed by atoms with Crippen molar-refractivity contribution in [2.24, 2.45) is 0 Å². The third kappa shape index (κ3) is 7.51. The van der Waals surface area contributed by atoms with Gasteiger partial charge in [-0.05, 0) is 89.5 Å². The third-order valence-electron chi connectivity index (χ3n) is 9.46. The fourth-order valence-electron chi connectivity index (χ4n) is 7.06. The van der Waals surface area contributed by atoms with Gasteiger partial charge in [0.05, 0.1) is 32.8 Å². The Morgan fingerprint density at radius 3 is 0.810 bits per heavy atom. The van der Waals surface area contributed by atoms with E-state index < -0.39 is 0 Å². The van der Waals surface area contributed by atoms with Crippen molar-refractivity contribution < 1.29 is 29.5 Å². The van der Waals surface area contributed by atoms with Crippen LogP contribution in [-0.4, -0.2) is 9.97 Å². The first-order valence-corrected chi connectivity index (χ1v) is 19.9. The van der Waals surface area contributed by atoms with Gasteiger partial charge in [-0.15, -0.1) is 22.1 Å². The molecule has 0 saturated heterocycles. The molecule has 2 aliphatic rings. The topological polar surface area (TPSA) is 54.0 Å². The van der Waals surface area contributed by atoms with Crippen molar-refractivity contribution in [3.8, 4) is 44.5 Å². The summed E-state index contributed by atoms with van der Waals surface area (Å²) in [5.74, 6) is 0. The maximum absolute atomic E-state index is 6.93. The summed E-state index contributed by atoms with van der Waals surface area (Å²) in [5.41, 5.74) is 8.93. The minimum Gasteiger partial charge on any atom is -1.00 e. The molecule has 4 nitrogen and oxygen atoms in total. The fourth-order valence-corrected chi connectivity index (χ4v) is 9.40. The predicted molar refractivity (Wildman–Crippen MR) is 239 cm³/mol. The number of hydrogen-bond donors (Lipinski definition) is 0. The van der Waals surface area contributed by atoms with E-state index in [1.165, 1.54) is 0 Å². The monoisotopic (exact) mass is 974 g/mol.